The third kappa shape index (κ3) is 4.68. The maximum absolute atomic E-state index is 13.0. The van der Waals surface area contributed by atoms with Gasteiger partial charge in [-0.1, -0.05) is 47.2 Å². The van der Waals surface area contributed by atoms with E-state index in [1.165, 1.54) is 27.2 Å². The summed E-state index contributed by atoms with van der Waals surface area (Å²) >= 11 is 2.93. The summed E-state index contributed by atoms with van der Waals surface area (Å²) in [7, 11) is 0. The number of hydrogen-bond acceptors (Lipinski definition) is 8. The van der Waals surface area contributed by atoms with Crippen molar-refractivity contribution in [1.29, 1.82) is 0 Å². The zero-order valence-corrected chi connectivity index (χ0v) is 19.7. The number of carbonyl (C=O) groups excluding carboxylic acids is 1. The van der Waals surface area contributed by atoms with Crippen molar-refractivity contribution in [2.45, 2.75) is 20.0 Å². The number of carbonyl (C=O) groups is 1. The van der Waals surface area contributed by atoms with Gasteiger partial charge in [-0.25, -0.2) is 9.78 Å². The fraction of sp³-hybridized carbons (Fsp3) is 0.304. The third-order valence-corrected chi connectivity index (χ3v) is 7.47. The minimum absolute atomic E-state index is 0.107. The summed E-state index contributed by atoms with van der Waals surface area (Å²) < 4.78 is 6.89. The molecule has 1 aliphatic heterocycles. The Balaban J connectivity index is 1.47. The molecule has 1 aromatic carbocycles. The van der Waals surface area contributed by atoms with E-state index in [4.69, 9.17) is 9.72 Å². The first-order valence-electron chi connectivity index (χ1n) is 10.7. The summed E-state index contributed by atoms with van der Waals surface area (Å²) in [6, 6.07) is 11.8. The molecule has 0 saturated carbocycles. The molecule has 4 aromatic rings. The molecule has 0 spiro atoms. The zero-order valence-electron chi connectivity index (χ0n) is 18.1. The molecule has 1 amide bonds. The number of aromatic nitrogens is 3. The SMILES string of the molecule is Cc1ccc(CNC(=O)Cn2c(=O)nc(-c3cccs3)c3nc(N4CCOCC4)sc32)cc1. The minimum atomic E-state index is -0.450. The number of amides is 1. The lowest BCUT2D eigenvalue weighted by Crippen LogP contribution is -2.36. The van der Waals surface area contributed by atoms with Crippen molar-refractivity contribution in [1.82, 2.24) is 19.9 Å². The first kappa shape index (κ1) is 21.7. The molecule has 0 atom stereocenters. The number of ether oxygens (including phenoxy) is 1. The van der Waals surface area contributed by atoms with Crippen LogP contribution in [0.5, 0.6) is 0 Å². The number of hydrogen-bond donors (Lipinski definition) is 1. The molecule has 5 rings (SSSR count). The Morgan fingerprint density at radius 2 is 1.94 bits per heavy atom. The molecule has 0 radical (unpaired) electrons. The molecule has 1 N–H and O–H groups in total. The van der Waals surface area contributed by atoms with Gasteiger partial charge in [-0.05, 0) is 23.9 Å². The Bertz CT molecular complexity index is 1320. The first-order chi connectivity index (χ1) is 16.1. The summed E-state index contributed by atoms with van der Waals surface area (Å²) in [5.41, 5.74) is 2.93. The zero-order chi connectivity index (χ0) is 22.8. The largest absolute Gasteiger partial charge is 0.378 e. The summed E-state index contributed by atoms with van der Waals surface area (Å²) in [4.78, 5) is 38.6. The highest BCUT2D eigenvalue weighted by Crippen LogP contribution is 2.35. The molecule has 1 aliphatic rings. The molecule has 0 aliphatic carbocycles. The normalized spacial score (nSPS) is 14.0. The number of rotatable bonds is 6. The van der Waals surface area contributed by atoms with E-state index in [-0.39, 0.29) is 12.5 Å². The van der Waals surface area contributed by atoms with E-state index in [1.54, 1.807) is 0 Å². The summed E-state index contributed by atoms with van der Waals surface area (Å²) in [5, 5.41) is 5.66. The van der Waals surface area contributed by atoms with Crippen molar-refractivity contribution < 1.29 is 9.53 Å². The summed E-state index contributed by atoms with van der Waals surface area (Å²) in [6.45, 7) is 5.07. The van der Waals surface area contributed by atoms with Crippen molar-refractivity contribution >= 4 is 44.1 Å². The van der Waals surface area contributed by atoms with Crippen LogP contribution in [0.15, 0.2) is 46.6 Å². The molecule has 1 fully saturated rings. The average molecular weight is 482 g/mol. The molecule has 0 unspecified atom stereocenters. The van der Waals surface area contributed by atoms with Gasteiger partial charge in [0.1, 0.15) is 22.6 Å². The van der Waals surface area contributed by atoms with Crippen LogP contribution in [-0.4, -0.2) is 46.7 Å². The van der Waals surface area contributed by atoms with Crippen molar-refractivity contribution in [3.8, 4) is 10.6 Å². The fourth-order valence-electron chi connectivity index (χ4n) is 3.65. The number of anilines is 1. The smallest absolute Gasteiger partial charge is 0.349 e. The van der Waals surface area contributed by atoms with Crippen LogP contribution in [0.25, 0.3) is 20.9 Å². The van der Waals surface area contributed by atoms with Gasteiger partial charge in [0.05, 0.1) is 18.1 Å². The second-order valence-corrected chi connectivity index (χ2v) is 9.72. The van der Waals surface area contributed by atoms with Crippen LogP contribution in [0.4, 0.5) is 5.13 Å². The van der Waals surface area contributed by atoms with E-state index in [2.05, 4.69) is 15.2 Å². The van der Waals surface area contributed by atoms with Crippen LogP contribution in [0.1, 0.15) is 11.1 Å². The number of fused-ring (bicyclic) bond motifs is 1. The Morgan fingerprint density at radius 1 is 1.15 bits per heavy atom. The van der Waals surface area contributed by atoms with Gasteiger partial charge in [0.15, 0.2) is 5.13 Å². The van der Waals surface area contributed by atoms with Crippen LogP contribution in [-0.2, 0) is 22.6 Å². The minimum Gasteiger partial charge on any atom is -0.378 e. The maximum atomic E-state index is 13.0. The monoisotopic (exact) mass is 481 g/mol. The lowest BCUT2D eigenvalue weighted by atomic mass is 10.1. The molecule has 3 aromatic heterocycles. The molecule has 170 valence electrons. The van der Waals surface area contributed by atoms with Gasteiger partial charge >= 0.3 is 5.69 Å². The van der Waals surface area contributed by atoms with Crippen LogP contribution < -0.4 is 15.9 Å². The van der Waals surface area contributed by atoms with Gasteiger partial charge in [0, 0.05) is 19.6 Å². The summed E-state index contributed by atoms with van der Waals surface area (Å²) in [5.74, 6) is -0.244. The highest BCUT2D eigenvalue weighted by Gasteiger charge is 2.22. The quantitative estimate of drug-likeness (QED) is 0.455. The second-order valence-electron chi connectivity index (χ2n) is 7.82. The van der Waals surface area contributed by atoms with E-state index in [1.807, 2.05) is 48.7 Å². The number of benzene rings is 1. The molecule has 33 heavy (non-hydrogen) atoms. The van der Waals surface area contributed by atoms with Crippen LogP contribution >= 0.6 is 22.7 Å². The predicted octanol–water partition coefficient (Wildman–Crippen LogP) is 3.04. The molecule has 10 heteroatoms. The number of morpholine rings is 1. The third-order valence-electron chi connectivity index (χ3n) is 5.45. The predicted molar refractivity (Wildman–Crippen MR) is 131 cm³/mol. The lowest BCUT2D eigenvalue weighted by molar-refractivity contribution is -0.121. The standard InChI is InChI=1S/C23H23N5O3S2/c1-15-4-6-16(7-5-15)13-24-18(29)14-28-21-20(19(25-22(28)30)17-3-2-12-32-17)26-23(33-21)27-8-10-31-11-9-27/h2-7,12H,8-11,13-14H2,1H3,(H,24,29). The number of thiazole rings is 1. The fourth-order valence-corrected chi connectivity index (χ4v) is 5.48. The van der Waals surface area contributed by atoms with Crippen molar-refractivity contribution in [2.75, 3.05) is 31.2 Å². The Hall–Kier alpha value is -3.08. The molecule has 1 saturated heterocycles. The maximum Gasteiger partial charge on any atom is 0.349 e. The average Bonchev–Trinajstić information content (AvgIpc) is 3.52. The molecule has 8 nitrogen and oxygen atoms in total. The first-order valence-corrected chi connectivity index (χ1v) is 12.4. The number of nitrogens with one attached hydrogen (secondary N) is 1. The molecule has 4 heterocycles. The molecular formula is C23H23N5O3S2. The highest BCUT2D eigenvalue weighted by molar-refractivity contribution is 7.22. The summed E-state index contributed by atoms with van der Waals surface area (Å²) in [6.07, 6.45) is 0. The Kier molecular flexibility index (Phi) is 6.21. The van der Waals surface area contributed by atoms with E-state index < -0.39 is 5.69 Å². The van der Waals surface area contributed by atoms with E-state index in [9.17, 15) is 9.59 Å². The van der Waals surface area contributed by atoms with Crippen LogP contribution in [0, 0.1) is 6.92 Å². The van der Waals surface area contributed by atoms with Gasteiger partial charge in [-0.3, -0.25) is 9.36 Å². The molecule has 0 bridgehead atoms. The van der Waals surface area contributed by atoms with E-state index in [0.29, 0.717) is 35.8 Å². The van der Waals surface area contributed by atoms with Crippen LogP contribution in [0.3, 0.4) is 0 Å². The van der Waals surface area contributed by atoms with Crippen molar-refractivity contribution in [2.24, 2.45) is 0 Å². The molecular weight excluding hydrogens is 458 g/mol. The van der Waals surface area contributed by atoms with Gasteiger partial charge < -0.3 is 15.0 Å². The number of nitrogens with zero attached hydrogens (tertiary/aromatic N) is 4. The second kappa shape index (κ2) is 9.42. The van der Waals surface area contributed by atoms with E-state index in [0.717, 1.165) is 34.2 Å². The lowest BCUT2D eigenvalue weighted by Gasteiger charge is -2.25. The van der Waals surface area contributed by atoms with Gasteiger partial charge in [0.2, 0.25) is 5.91 Å². The van der Waals surface area contributed by atoms with E-state index >= 15 is 0 Å². The highest BCUT2D eigenvalue weighted by atomic mass is 32.1. The Labute approximate surface area is 198 Å². The topological polar surface area (TPSA) is 89.3 Å². The van der Waals surface area contributed by atoms with Gasteiger partial charge in [0.25, 0.3) is 0 Å². The van der Waals surface area contributed by atoms with Crippen molar-refractivity contribution in [3.63, 3.8) is 0 Å². The number of aryl methyl sites for hydroxylation is 1. The van der Waals surface area contributed by atoms with Gasteiger partial charge in [-0.2, -0.15) is 4.98 Å². The van der Waals surface area contributed by atoms with Crippen molar-refractivity contribution in [3.05, 3.63) is 63.4 Å². The van der Waals surface area contributed by atoms with Gasteiger partial charge in [-0.15, -0.1) is 11.3 Å². The number of thiophene rings is 1. The van der Waals surface area contributed by atoms with Crippen LogP contribution in [0.2, 0.25) is 0 Å². The Morgan fingerprint density at radius 3 is 2.67 bits per heavy atom.